The third-order valence-corrected chi connectivity index (χ3v) is 4.70. The fourth-order valence-corrected chi connectivity index (χ4v) is 3.12. The fourth-order valence-electron chi connectivity index (χ4n) is 2.66. The molecule has 0 unspecified atom stereocenters. The normalized spacial score (nSPS) is 10.8. The summed E-state index contributed by atoms with van der Waals surface area (Å²) in [5.74, 6) is -0.409. The van der Waals surface area contributed by atoms with Gasteiger partial charge in [0, 0.05) is 29.0 Å². The topological polar surface area (TPSA) is 64.0 Å². The van der Waals surface area contributed by atoms with E-state index in [0.29, 0.717) is 23.3 Å². The van der Waals surface area contributed by atoms with E-state index in [1.807, 2.05) is 48.9 Å². The van der Waals surface area contributed by atoms with Crippen LogP contribution in [-0.2, 0) is 6.54 Å². The van der Waals surface area contributed by atoms with Gasteiger partial charge in [0.15, 0.2) is 0 Å². The number of amides is 1. The number of carbonyl (C=O) groups excluding carboxylic acids is 1. The molecule has 1 N–H and O–H groups in total. The van der Waals surface area contributed by atoms with Gasteiger partial charge in [-0.2, -0.15) is 0 Å². The number of benzene rings is 1. The van der Waals surface area contributed by atoms with E-state index in [0.717, 1.165) is 10.6 Å². The Morgan fingerprint density at radius 3 is 2.80 bits per heavy atom. The SMILES string of the molecule is CCn1cc(C(=O)Nc2cccc(SC)c2)c(=O)c2ccc(C)nc21. The maximum absolute atomic E-state index is 12.7. The van der Waals surface area contributed by atoms with Crippen molar-refractivity contribution in [1.29, 1.82) is 0 Å². The molecule has 2 heterocycles. The van der Waals surface area contributed by atoms with Gasteiger partial charge >= 0.3 is 0 Å². The summed E-state index contributed by atoms with van der Waals surface area (Å²) in [5, 5.41) is 3.27. The Bertz CT molecular complexity index is 1010. The van der Waals surface area contributed by atoms with Gasteiger partial charge in [-0.1, -0.05) is 6.07 Å². The molecule has 6 heteroatoms. The summed E-state index contributed by atoms with van der Waals surface area (Å²) >= 11 is 1.59. The van der Waals surface area contributed by atoms with Gasteiger partial charge in [0.1, 0.15) is 11.2 Å². The highest BCUT2D eigenvalue weighted by Crippen LogP contribution is 2.19. The van der Waals surface area contributed by atoms with Crippen molar-refractivity contribution in [3.8, 4) is 0 Å². The molecule has 1 amide bonds. The van der Waals surface area contributed by atoms with E-state index in [9.17, 15) is 9.59 Å². The van der Waals surface area contributed by atoms with E-state index in [1.54, 1.807) is 30.1 Å². The number of rotatable bonds is 4. The van der Waals surface area contributed by atoms with Crippen molar-refractivity contribution in [3.05, 3.63) is 64.1 Å². The maximum atomic E-state index is 12.7. The number of anilines is 1. The van der Waals surface area contributed by atoms with Crippen LogP contribution in [-0.4, -0.2) is 21.7 Å². The average molecular weight is 353 g/mol. The van der Waals surface area contributed by atoms with Crippen LogP contribution < -0.4 is 10.7 Å². The van der Waals surface area contributed by atoms with Gasteiger partial charge in [-0.3, -0.25) is 9.59 Å². The number of thioether (sulfide) groups is 1. The number of hydrogen-bond acceptors (Lipinski definition) is 4. The summed E-state index contributed by atoms with van der Waals surface area (Å²) in [6, 6.07) is 11.0. The third-order valence-electron chi connectivity index (χ3n) is 3.97. The second-order valence-corrected chi connectivity index (χ2v) is 6.55. The number of hydrogen-bond donors (Lipinski definition) is 1. The Hall–Kier alpha value is -2.60. The molecule has 0 aliphatic rings. The minimum absolute atomic E-state index is 0.120. The first kappa shape index (κ1) is 17.2. The van der Waals surface area contributed by atoms with Crippen LogP contribution in [0.2, 0.25) is 0 Å². The van der Waals surface area contributed by atoms with Gasteiger partial charge in [0.05, 0.1) is 5.39 Å². The first-order valence-electron chi connectivity index (χ1n) is 7.99. The molecule has 0 saturated heterocycles. The zero-order valence-corrected chi connectivity index (χ0v) is 15.2. The summed E-state index contributed by atoms with van der Waals surface area (Å²) in [5.41, 5.74) is 1.93. The largest absolute Gasteiger partial charge is 0.332 e. The maximum Gasteiger partial charge on any atom is 0.261 e. The molecule has 25 heavy (non-hydrogen) atoms. The van der Waals surface area contributed by atoms with E-state index < -0.39 is 5.91 Å². The second kappa shape index (κ2) is 7.11. The molecule has 0 aliphatic heterocycles. The Morgan fingerprint density at radius 2 is 2.08 bits per heavy atom. The molecule has 0 spiro atoms. The lowest BCUT2D eigenvalue weighted by atomic mass is 10.1. The van der Waals surface area contributed by atoms with Gasteiger partial charge < -0.3 is 9.88 Å². The predicted molar refractivity (Wildman–Crippen MR) is 103 cm³/mol. The highest BCUT2D eigenvalue weighted by atomic mass is 32.2. The number of nitrogens with zero attached hydrogens (tertiary/aromatic N) is 2. The standard InChI is InChI=1S/C19H19N3O2S/c1-4-22-11-16(17(23)15-9-8-12(2)20-18(15)22)19(24)21-13-6-5-7-14(10-13)25-3/h5-11H,4H2,1-3H3,(H,21,24). The Labute approximate surface area is 150 Å². The number of nitrogens with one attached hydrogen (secondary N) is 1. The van der Waals surface area contributed by atoms with Crippen LogP contribution in [0.4, 0.5) is 5.69 Å². The lowest BCUT2D eigenvalue weighted by molar-refractivity contribution is 0.102. The first-order valence-corrected chi connectivity index (χ1v) is 9.22. The van der Waals surface area contributed by atoms with E-state index in [4.69, 9.17) is 0 Å². The Morgan fingerprint density at radius 1 is 1.28 bits per heavy atom. The summed E-state index contributed by atoms with van der Waals surface area (Å²) in [6.45, 7) is 4.45. The van der Waals surface area contributed by atoms with Crippen LogP contribution in [0.1, 0.15) is 23.0 Å². The highest BCUT2D eigenvalue weighted by molar-refractivity contribution is 7.98. The molecule has 128 valence electrons. The van der Waals surface area contributed by atoms with Gasteiger partial charge in [0.2, 0.25) is 5.43 Å². The highest BCUT2D eigenvalue weighted by Gasteiger charge is 2.16. The molecule has 0 atom stereocenters. The summed E-state index contributed by atoms with van der Waals surface area (Å²) < 4.78 is 1.83. The number of aromatic nitrogens is 2. The minimum atomic E-state index is -0.409. The van der Waals surface area contributed by atoms with Gasteiger partial charge in [-0.15, -0.1) is 11.8 Å². The van der Waals surface area contributed by atoms with Crippen molar-refractivity contribution in [2.24, 2.45) is 0 Å². The van der Waals surface area contributed by atoms with E-state index >= 15 is 0 Å². The molecule has 3 rings (SSSR count). The molecule has 0 fully saturated rings. The van der Waals surface area contributed by atoms with Crippen molar-refractivity contribution < 1.29 is 4.79 Å². The monoisotopic (exact) mass is 353 g/mol. The van der Waals surface area contributed by atoms with Crippen molar-refractivity contribution in [2.75, 3.05) is 11.6 Å². The third kappa shape index (κ3) is 3.44. The molecule has 1 aromatic carbocycles. The van der Waals surface area contributed by atoms with Crippen molar-refractivity contribution in [1.82, 2.24) is 9.55 Å². The molecule has 5 nitrogen and oxygen atoms in total. The first-order chi connectivity index (χ1) is 12.0. The summed E-state index contributed by atoms with van der Waals surface area (Å²) in [7, 11) is 0. The van der Waals surface area contributed by atoms with Crippen LogP contribution in [0.15, 0.2) is 52.3 Å². The van der Waals surface area contributed by atoms with Crippen molar-refractivity contribution in [3.63, 3.8) is 0 Å². The van der Waals surface area contributed by atoms with Crippen LogP contribution >= 0.6 is 11.8 Å². The lowest BCUT2D eigenvalue weighted by Gasteiger charge is -2.12. The minimum Gasteiger partial charge on any atom is -0.332 e. The fraction of sp³-hybridized carbons (Fsp3) is 0.211. The van der Waals surface area contributed by atoms with Crippen molar-refractivity contribution >= 4 is 34.4 Å². The second-order valence-electron chi connectivity index (χ2n) is 5.67. The molecule has 2 aromatic heterocycles. The molecule has 3 aromatic rings. The van der Waals surface area contributed by atoms with Crippen molar-refractivity contribution in [2.45, 2.75) is 25.3 Å². The molecule has 0 aliphatic carbocycles. The number of pyridine rings is 2. The molecule has 0 saturated carbocycles. The Kier molecular flexibility index (Phi) is 4.90. The molecule has 0 radical (unpaired) electrons. The van der Waals surface area contributed by atoms with E-state index in [-0.39, 0.29) is 11.0 Å². The average Bonchev–Trinajstić information content (AvgIpc) is 2.62. The number of carbonyl (C=O) groups is 1. The van der Waals surface area contributed by atoms with Crippen LogP contribution in [0.25, 0.3) is 11.0 Å². The van der Waals surface area contributed by atoms with E-state index in [1.165, 1.54) is 0 Å². The molecule has 0 bridgehead atoms. The number of aryl methyl sites for hydroxylation is 2. The van der Waals surface area contributed by atoms with Crippen LogP contribution in [0, 0.1) is 6.92 Å². The predicted octanol–water partition coefficient (Wildman–Crippen LogP) is 3.70. The lowest BCUT2D eigenvalue weighted by Crippen LogP contribution is -2.24. The molecular formula is C19H19N3O2S. The zero-order chi connectivity index (χ0) is 18.0. The van der Waals surface area contributed by atoms with Gasteiger partial charge in [-0.05, 0) is 50.4 Å². The quantitative estimate of drug-likeness (QED) is 0.727. The smallest absolute Gasteiger partial charge is 0.261 e. The Balaban J connectivity index is 2.05. The van der Waals surface area contributed by atoms with Crippen LogP contribution in [0.3, 0.4) is 0 Å². The van der Waals surface area contributed by atoms with Crippen LogP contribution in [0.5, 0.6) is 0 Å². The summed E-state index contributed by atoms with van der Waals surface area (Å²) in [6.07, 6.45) is 3.56. The van der Waals surface area contributed by atoms with Gasteiger partial charge in [-0.25, -0.2) is 4.98 Å². The van der Waals surface area contributed by atoms with E-state index in [2.05, 4.69) is 10.3 Å². The van der Waals surface area contributed by atoms with Gasteiger partial charge in [0.25, 0.3) is 5.91 Å². The summed E-state index contributed by atoms with van der Waals surface area (Å²) in [4.78, 5) is 30.9. The zero-order valence-electron chi connectivity index (χ0n) is 14.4. The number of fused-ring (bicyclic) bond motifs is 1. The molecular weight excluding hydrogens is 334 g/mol.